The van der Waals surface area contributed by atoms with E-state index >= 15 is 0 Å². The second-order valence-electron chi connectivity index (χ2n) is 7.42. The van der Waals surface area contributed by atoms with E-state index in [2.05, 4.69) is 22.9 Å². The van der Waals surface area contributed by atoms with E-state index in [0.29, 0.717) is 51.4 Å². The van der Waals surface area contributed by atoms with Crippen LogP contribution in [0.2, 0.25) is 6.04 Å². The highest BCUT2D eigenvalue weighted by atomic mass is 28.4. The highest BCUT2D eigenvalue weighted by Gasteiger charge is 2.39. The number of ether oxygens (including phenoxy) is 1. The van der Waals surface area contributed by atoms with Crippen LogP contribution in [0.5, 0.6) is 0 Å². The summed E-state index contributed by atoms with van der Waals surface area (Å²) in [5, 5.41) is 16.5. The van der Waals surface area contributed by atoms with E-state index in [4.69, 9.17) is 23.1 Å². The van der Waals surface area contributed by atoms with Crippen LogP contribution in [0.1, 0.15) is 67.7 Å². The molecule has 10 nitrogen and oxygen atoms in total. The second-order valence-corrected chi connectivity index (χ2v) is 10.2. The molecule has 0 bridgehead atoms. The molecule has 2 unspecified atom stereocenters. The first-order valence-electron chi connectivity index (χ1n) is 12.2. The van der Waals surface area contributed by atoms with Crippen molar-refractivity contribution in [2.24, 2.45) is 5.92 Å². The summed E-state index contributed by atoms with van der Waals surface area (Å²) in [5.41, 5.74) is 0. The molecule has 0 aliphatic carbocycles. The van der Waals surface area contributed by atoms with E-state index in [1.165, 1.54) is 0 Å². The zero-order valence-corrected chi connectivity index (χ0v) is 22.8. The van der Waals surface area contributed by atoms with Crippen molar-refractivity contribution in [2.75, 3.05) is 46.2 Å². The highest BCUT2D eigenvalue weighted by Crippen LogP contribution is 2.17. The van der Waals surface area contributed by atoms with Gasteiger partial charge in [-0.1, -0.05) is 20.8 Å². The number of aliphatic hydroxyl groups excluding tert-OH is 1. The maximum absolute atomic E-state index is 11.7. The SMILES string of the molecule is CCC(C)NCO.CCO[Si](CCCNC(=O)OCCNC(=O)C(C)CC)(OCC)OCC. The maximum atomic E-state index is 11.7. The summed E-state index contributed by atoms with van der Waals surface area (Å²) < 4.78 is 22.3. The van der Waals surface area contributed by atoms with Gasteiger partial charge in [-0.05, 0) is 47.0 Å². The monoisotopic (exact) mass is 495 g/mol. The van der Waals surface area contributed by atoms with E-state index in [0.717, 1.165) is 12.8 Å². The molecule has 4 N–H and O–H groups in total. The molecule has 0 saturated carbocycles. The number of carbonyl (C=O) groups is 2. The summed E-state index contributed by atoms with van der Waals surface area (Å²) in [6, 6.07) is 1.08. The first-order chi connectivity index (χ1) is 15.7. The van der Waals surface area contributed by atoms with Crippen molar-refractivity contribution in [3.8, 4) is 0 Å². The van der Waals surface area contributed by atoms with Crippen molar-refractivity contribution in [3.05, 3.63) is 0 Å². The number of hydrogen-bond donors (Lipinski definition) is 4. The minimum atomic E-state index is -2.67. The van der Waals surface area contributed by atoms with E-state index in [1.54, 1.807) is 0 Å². The Balaban J connectivity index is 0. The molecular formula is C22H49N3O7Si. The van der Waals surface area contributed by atoms with Crippen molar-refractivity contribution >= 4 is 20.8 Å². The third-order valence-electron chi connectivity index (χ3n) is 4.77. The minimum Gasteiger partial charge on any atom is -0.448 e. The third kappa shape index (κ3) is 18.8. The van der Waals surface area contributed by atoms with Crippen LogP contribution in [0.4, 0.5) is 4.79 Å². The van der Waals surface area contributed by atoms with Gasteiger partial charge in [0, 0.05) is 44.4 Å². The Labute approximate surface area is 201 Å². The van der Waals surface area contributed by atoms with Gasteiger partial charge in [0.15, 0.2) is 0 Å². The summed E-state index contributed by atoms with van der Waals surface area (Å²) >= 11 is 0. The third-order valence-corrected chi connectivity index (χ3v) is 7.92. The molecule has 0 heterocycles. The van der Waals surface area contributed by atoms with Gasteiger partial charge in [0.1, 0.15) is 6.61 Å². The van der Waals surface area contributed by atoms with Gasteiger partial charge in [0.2, 0.25) is 5.91 Å². The van der Waals surface area contributed by atoms with E-state index in [9.17, 15) is 9.59 Å². The Hall–Kier alpha value is -1.24. The van der Waals surface area contributed by atoms with Crippen molar-refractivity contribution in [1.82, 2.24) is 16.0 Å². The molecule has 198 valence electrons. The predicted molar refractivity (Wildman–Crippen MR) is 132 cm³/mol. The van der Waals surface area contributed by atoms with E-state index in [1.807, 2.05) is 41.5 Å². The zero-order chi connectivity index (χ0) is 25.5. The number of rotatable bonds is 18. The normalized spacial score (nSPS) is 12.8. The summed E-state index contributed by atoms with van der Waals surface area (Å²) in [7, 11) is -2.67. The standard InChI is InChI=1S/C17H36N2O6Si.C5H13NO/c1-6-15(5)16(20)18-12-13-22-17(21)19-11-10-14-26(23-7-2,24-8-3)25-9-4;1-3-5(2)6-4-7/h15H,6-14H2,1-5H3,(H,18,20)(H,19,21);5-7H,3-4H2,1-2H3. The molecule has 0 saturated heterocycles. The predicted octanol–water partition coefficient (Wildman–Crippen LogP) is 2.64. The van der Waals surface area contributed by atoms with E-state index < -0.39 is 14.9 Å². The molecular weight excluding hydrogens is 446 g/mol. The Kier molecular flexibility index (Phi) is 23.2. The van der Waals surface area contributed by atoms with Gasteiger partial charge < -0.3 is 33.8 Å². The highest BCUT2D eigenvalue weighted by molar-refractivity contribution is 6.60. The fourth-order valence-electron chi connectivity index (χ4n) is 2.53. The molecule has 0 aromatic carbocycles. The Morgan fingerprint density at radius 1 is 0.879 bits per heavy atom. The maximum Gasteiger partial charge on any atom is 0.500 e. The van der Waals surface area contributed by atoms with Gasteiger partial charge >= 0.3 is 14.9 Å². The molecule has 0 aromatic rings. The second kappa shape index (κ2) is 22.5. The molecule has 2 atom stereocenters. The van der Waals surface area contributed by atoms with Crippen LogP contribution in [0.15, 0.2) is 0 Å². The Morgan fingerprint density at radius 3 is 1.88 bits per heavy atom. The molecule has 11 heteroatoms. The molecule has 0 aliphatic heterocycles. The molecule has 0 rings (SSSR count). The van der Waals surface area contributed by atoms with Gasteiger partial charge in [-0.15, -0.1) is 0 Å². The lowest BCUT2D eigenvalue weighted by molar-refractivity contribution is -0.124. The van der Waals surface area contributed by atoms with Crippen LogP contribution in [-0.2, 0) is 22.8 Å². The lowest BCUT2D eigenvalue weighted by Gasteiger charge is -2.28. The smallest absolute Gasteiger partial charge is 0.448 e. The lowest BCUT2D eigenvalue weighted by atomic mass is 10.1. The van der Waals surface area contributed by atoms with Gasteiger partial charge in [0.25, 0.3) is 0 Å². The number of alkyl carbamates (subject to hydrolysis) is 1. The van der Waals surface area contributed by atoms with Crippen LogP contribution in [-0.4, -0.2) is 78.2 Å². The first kappa shape index (κ1) is 33.9. The van der Waals surface area contributed by atoms with Crippen molar-refractivity contribution < 1.29 is 32.7 Å². The molecule has 0 aromatic heterocycles. The average molecular weight is 496 g/mol. The zero-order valence-electron chi connectivity index (χ0n) is 21.8. The molecule has 33 heavy (non-hydrogen) atoms. The molecule has 0 aliphatic rings. The molecule has 0 fully saturated rings. The lowest BCUT2D eigenvalue weighted by Crippen LogP contribution is -2.46. The van der Waals surface area contributed by atoms with Crippen LogP contribution >= 0.6 is 0 Å². The van der Waals surface area contributed by atoms with Gasteiger partial charge in [-0.2, -0.15) is 0 Å². The molecule has 2 amide bonds. The van der Waals surface area contributed by atoms with Gasteiger partial charge in [-0.25, -0.2) is 4.79 Å². The fourth-order valence-corrected chi connectivity index (χ4v) is 5.14. The van der Waals surface area contributed by atoms with Crippen LogP contribution in [0.25, 0.3) is 0 Å². The Bertz CT molecular complexity index is 470. The van der Waals surface area contributed by atoms with Crippen molar-refractivity contribution in [2.45, 2.75) is 79.8 Å². The number of amides is 2. The van der Waals surface area contributed by atoms with Crippen LogP contribution in [0.3, 0.4) is 0 Å². The largest absolute Gasteiger partial charge is 0.500 e. The molecule has 0 radical (unpaired) electrons. The summed E-state index contributed by atoms with van der Waals surface area (Å²) in [6.07, 6.45) is 2.02. The van der Waals surface area contributed by atoms with Gasteiger partial charge in [0.05, 0.1) is 13.3 Å². The average Bonchev–Trinajstić information content (AvgIpc) is 2.80. The number of aliphatic hydroxyl groups is 1. The topological polar surface area (TPSA) is 127 Å². The van der Waals surface area contributed by atoms with Crippen molar-refractivity contribution in [1.29, 1.82) is 0 Å². The number of nitrogens with one attached hydrogen (secondary N) is 3. The van der Waals surface area contributed by atoms with E-state index in [-0.39, 0.29) is 25.2 Å². The van der Waals surface area contributed by atoms with Crippen LogP contribution < -0.4 is 16.0 Å². The van der Waals surface area contributed by atoms with Crippen molar-refractivity contribution in [3.63, 3.8) is 0 Å². The van der Waals surface area contributed by atoms with Gasteiger partial charge in [-0.3, -0.25) is 10.1 Å². The quantitative estimate of drug-likeness (QED) is 0.130. The Morgan fingerprint density at radius 2 is 1.45 bits per heavy atom. The van der Waals surface area contributed by atoms with Crippen LogP contribution in [0, 0.1) is 5.92 Å². The fraction of sp³-hybridized carbons (Fsp3) is 0.909. The summed E-state index contributed by atoms with van der Waals surface area (Å²) in [6.45, 7) is 16.2. The first-order valence-corrected chi connectivity index (χ1v) is 14.1. The minimum absolute atomic E-state index is 0.0272. The summed E-state index contributed by atoms with van der Waals surface area (Å²) in [5.74, 6) is -0.0603. The number of hydrogen-bond acceptors (Lipinski definition) is 8. The summed E-state index contributed by atoms with van der Waals surface area (Å²) in [4.78, 5) is 23.2. The molecule has 0 spiro atoms. The number of carbonyl (C=O) groups excluding carboxylic acids is 2.